The highest BCUT2D eigenvalue weighted by molar-refractivity contribution is 7.98. The third kappa shape index (κ3) is 4.96. The first-order valence-corrected chi connectivity index (χ1v) is 11.9. The Kier molecular flexibility index (Phi) is 6.17. The van der Waals surface area contributed by atoms with Gasteiger partial charge in [0.2, 0.25) is 0 Å². The Morgan fingerprint density at radius 2 is 1.85 bits per heavy atom. The molecule has 4 aromatic rings. The molecule has 2 N–H and O–H groups in total. The summed E-state index contributed by atoms with van der Waals surface area (Å²) in [7, 11) is 0. The van der Waals surface area contributed by atoms with Gasteiger partial charge in [-0.3, -0.25) is 9.59 Å². The average Bonchev–Trinajstić information content (AvgIpc) is 3.53. The molecule has 2 aromatic heterocycles. The molecule has 2 amide bonds. The van der Waals surface area contributed by atoms with E-state index in [1.807, 2.05) is 48.5 Å². The third-order valence-electron chi connectivity index (χ3n) is 5.81. The van der Waals surface area contributed by atoms with Gasteiger partial charge in [0.15, 0.2) is 10.9 Å². The van der Waals surface area contributed by atoms with E-state index >= 15 is 0 Å². The summed E-state index contributed by atoms with van der Waals surface area (Å²) in [5, 5.41) is 3.99. The molecular formula is C25H24N4O3S. The molecule has 1 aliphatic rings. The lowest BCUT2D eigenvalue weighted by molar-refractivity contribution is 0.0667. The number of para-hydroxylation sites is 2. The molecule has 1 aliphatic heterocycles. The standard InChI is InChI=1S/C25H24N4O3S/c30-23(26-19-11-13-29(14-12-19)24(31)22-6-3-15-32-22)18-9-7-17(8-10-18)16-33-25-27-20-4-1-2-5-21(20)28-25/h1-10,15,19H,11-14,16H2,(H,26,30)(H,27,28). The maximum Gasteiger partial charge on any atom is 0.289 e. The topological polar surface area (TPSA) is 91.2 Å². The lowest BCUT2D eigenvalue weighted by Crippen LogP contribution is -2.46. The number of furan rings is 1. The van der Waals surface area contributed by atoms with Crippen molar-refractivity contribution in [2.75, 3.05) is 13.1 Å². The highest BCUT2D eigenvalue weighted by atomic mass is 32.2. The van der Waals surface area contributed by atoms with Crippen molar-refractivity contribution in [3.05, 3.63) is 83.8 Å². The number of aromatic nitrogens is 2. The first-order valence-electron chi connectivity index (χ1n) is 11.0. The van der Waals surface area contributed by atoms with Crippen LogP contribution in [0.2, 0.25) is 0 Å². The van der Waals surface area contributed by atoms with E-state index in [0.29, 0.717) is 24.4 Å². The highest BCUT2D eigenvalue weighted by Crippen LogP contribution is 2.23. The second-order valence-electron chi connectivity index (χ2n) is 8.06. The number of nitrogens with zero attached hydrogens (tertiary/aromatic N) is 2. The minimum Gasteiger partial charge on any atom is -0.459 e. The minimum absolute atomic E-state index is 0.0569. The number of thioether (sulfide) groups is 1. The van der Waals surface area contributed by atoms with Crippen molar-refractivity contribution in [1.82, 2.24) is 20.2 Å². The second-order valence-corrected chi connectivity index (χ2v) is 9.03. The number of piperidine rings is 1. The van der Waals surface area contributed by atoms with E-state index in [-0.39, 0.29) is 17.9 Å². The molecule has 3 heterocycles. The predicted molar refractivity (Wildman–Crippen MR) is 127 cm³/mol. The normalized spacial score (nSPS) is 14.5. The summed E-state index contributed by atoms with van der Waals surface area (Å²) < 4.78 is 5.20. The number of nitrogens with one attached hydrogen (secondary N) is 2. The molecule has 0 saturated carbocycles. The van der Waals surface area contributed by atoms with E-state index in [4.69, 9.17) is 4.42 Å². The summed E-state index contributed by atoms with van der Waals surface area (Å²) in [5.41, 5.74) is 3.76. The first-order chi connectivity index (χ1) is 16.2. The van der Waals surface area contributed by atoms with Crippen LogP contribution in [0.3, 0.4) is 0 Å². The number of carbonyl (C=O) groups excluding carboxylic acids is 2. The number of likely N-dealkylation sites (tertiary alicyclic amines) is 1. The van der Waals surface area contributed by atoms with Gasteiger partial charge in [0, 0.05) is 30.4 Å². The highest BCUT2D eigenvalue weighted by Gasteiger charge is 2.26. The molecule has 0 atom stereocenters. The van der Waals surface area contributed by atoms with Gasteiger partial charge in [-0.15, -0.1) is 0 Å². The molecular weight excluding hydrogens is 436 g/mol. The van der Waals surface area contributed by atoms with Gasteiger partial charge in [0.05, 0.1) is 17.3 Å². The van der Waals surface area contributed by atoms with E-state index < -0.39 is 0 Å². The van der Waals surface area contributed by atoms with E-state index in [9.17, 15) is 9.59 Å². The van der Waals surface area contributed by atoms with E-state index in [1.165, 1.54) is 6.26 Å². The lowest BCUT2D eigenvalue weighted by Gasteiger charge is -2.31. The van der Waals surface area contributed by atoms with Crippen LogP contribution < -0.4 is 5.32 Å². The maximum atomic E-state index is 12.7. The Labute approximate surface area is 195 Å². The van der Waals surface area contributed by atoms with Crippen LogP contribution >= 0.6 is 11.8 Å². The number of H-pyrrole nitrogens is 1. The number of carbonyl (C=O) groups is 2. The van der Waals surface area contributed by atoms with Crippen LogP contribution in [-0.2, 0) is 5.75 Å². The van der Waals surface area contributed by atoms with Crippen molar-refractivity contribution in [1.29, 1.82) is 0 Å². The van der Waals surface area contributed by atoms with Gasteiger partial charge < -0.3 is 19.6 Å². The van der Waals surface area contributed by atoms with Crippen molar-refractivity contribution in [2.45, 2.75) is 29.8 Å². The number of hydrogen-bond acceptors (Lipinski definition) is 5. The Hall–Kier alpha value is -3.52. The van der Waals surface area contributed by atoms with E-state index in [1.54, 1.807) is 28.8 Å². The molecule has 1 fully saturated rings. The zero-order valence-electron chi connectivity index (χ0n) is 18.0. The number of imidazole rings is 1. The SMILES string of the molecule is O=C(NC1CCN(C(=O)c2ccco2)CC1)c1ccc(CSc2nc3ccccc3[nH]2)cc1. The van der Waals surface area contributed by atoms with Crippen molar-refractivity contribution < 1.29 is 14.0 Å². The molecule has 0 aliphatic carbocycles. The molecule has 2 aromatic carbocycles. The fraction of sp³-hybridized carbons (Fsp3) is 0.240. The van der Waals surface area contributed by atoms with Gasteiger partial charge >= 0.3 is 0 Å². The van der Waals surface area contributed by atoms with E-state index in [0.717, 1.165) is 40.3 Å². The number of aromatic amines is 1. The van der Waals surface area contributed by atoms with Crippen LogP contribution in [0, 0.1) is 0 Å². The summed E-state index contributed by atoms with van der Waals surface area (Å²) in [6.45, 7) is 1.20. The number of fused-ring (bicyclic) bond motifs is 1. The van der Waals surface area contributed by atoms with Gasteiger partial charge in [-0.2, -0.15) is 0 Å². The van der Waals surface area contributed by atoms with Gasteiger partial charge in [0.25, 0.3) is 11.8 Å². The number of benzene rings is 2. The quantitative estimate of drug-likeness (QED) is 0.414. The average molecular weight is 461 g/mol. The van der Waals surface area contributed by atoms with Crippen LogP contribution in [-0.4, -0.2) is 45.8 Å². The molecule has 0 radical (unpaired) electrons. The Bertz CT molecular complexity index is 1210. The van der Waals surface area contributed by atoms with E-state index in [2.05, 4.69) is 15.3 Å². The number of hydrogen-bond donors (Lipinski definition) is 2. The zero-order valence-corrected chi connectivity index (χ0v) is 18.8. The number of amides is 2. The summed E-state index contributed by atoms with van der Waals surface area (Å²) >= 11 is 1.64. The van der Waals surface area contributed by atoms with Crippen molar-refractivity contribution in [3.63, 3.8) is 0 Å². The van der Waals surface area contributed by atoms with Crippen LogP contribution in [0.25, 0.3) is 11.0 Å². The van der Waals surface area contributed by atoms with Crippen LogP contribution in [0.1, 0.15) is 39.3 Å². The lowest BCUT2D eigenvalue weighted by atomic mass is 10.0. The summed E-state index contributed by atoms with van der Waals surface area (Å²) in [5.74, 6) is 0.948. The Morgan fingerprint density at radius 1 is 1.06 bits per heavy atom. The van der Waals surface area contributed by atoms with Gasteiger partial charge in [0.1, 0.15) is 0 Å². The summed E-state index contributed by atoms with van der Waals surface area (Å²) in [6, 6.07) is 19.1. The predicted octanol–water partition coefficient (Wildman–Crippen LogP) is 4.48. The fourth-order valence-electron chi connectivity index (χ4n) is 3.95. The maximum absolute atomic E-state index is 12.7. The molecule has 33 heavy (non-hydrogen) atoms. The van der Waals surface area contributed by atoms with Gasteiger partial charge in [-0.05, 0) is 54.8 Å². The van der Waals surface area contributed by atoms with Crippen molar-refractivity contribution in [3.8, 4) is 0 Å². The Morgan fingerprint density at radius 3 is 2.58 bits per heavy atom. The fourth-order valence-corrected chi connectivity index (χ4v) is 4.79. The minimum atomic E-state index is -0.0964. The zero-order chi connectivity index (χ0) is 22.6. The summed E-state index contributed by atoms with van der Waals surface area (Å²) in [6.07, 6.45) is 2.96. The van der Waals surface area contributed by atoms with Crippen molar-refractivity contribution in [2.24, 2.45) is 0 Å². The molecule has 168 valence electrons. The second kappa shape index (κ2) is 9.54. The monoisotopic (exact) mass is 460 g/mol. The molecule has 1 saturated heterocycles. The smallest absolute Gasteiger partial charge is 0.289 e. The van der Waals surface area contributed by atoms with Crippen molar-refractivity contribution >= 4 is 34.6 Å². The van der Waals surface area contributed by atoms with Gasteiger partial charge in [-0.1, -0.05) is 36.0 Å². The molecule has 0 unspecified atom stereocenters. The molecule has 5 rings (SSSR count). The molecule has 0 spiro atoms. The largest absolute Gasteiger partial charge is 0.459 e. The number of rotatable bonds is 6. The third-order valence-corrected chi connectivity index (χ3v) is 6.75. The Balaban J connectivity index is 1.10. The van der Waals surface area contributed by atoms with Crippen LogP contribution in [0.15, 0.2) is 76.5 Å². The molecule has 7 nitrogen and oxygen atoms in total. The molecule has 0 bridgehead atoms. The van der Waals surface area contributed by atoms with Crippen LogP contribution in [0.5, 0.6) is 0 Å². The van der Waals surface area contributed by atoms with Gasteiger partial charge in [-0.25, -0.2) is 4.98 Å². The summed E-state index contributed by atoms with van der Waals surface area (Å²) in [4.78, 5) is 34.7. The first kappa shape index (κ1) is 21.3. The molecule has 8 heteroatoms. The van der Waals surface area contributed by atoms with Crippen LogP contribution in [0.4, 0.5) is 0 Å².